The number of nitrogens with zero attached hydrogens (tertiary/aromatic N) is 1. The summed E-state index contributed by atoms with van der Waals surface area (Å²) in [5, 5.41) is 3.03. The van der Waals surface area contributed by atoms with Crippen LogP contribution in [0.1, 0.15) is 36.3 Å². The molecule has 2 aromatic rings. The number of ether oxygens (including phenoxy) is 2. The highest BCUT2D eigenvalue weighted by Gasteiger charge is 2.07. The lowest BCUT2D eigenvalue weighted by molar-refractivity contribution is 0.0335. The van der Waals surface area contributed by atoms with Crippen LogP contribution in [-0.2, 0) is 15.9 Å². The van der Waals surface area contributed by atoms with Crippen LogP contribution >= 0.6 is 0 Å². The fourth-order valence-electron chi connectivity index (χ4n) is 2.20. The molecule has 1 aromatic carbocycles. The third-order valence-electron chi connectivity index (χ3n) is 3.35. The quantitative estimate of drug-likeness (QED) is 0.536. The van der Waals surface area contributed by atoms with Gasteiger partial charge >= 0.3 is 5.97 Å². The van der Waals surface area contributed by atoms with Crippen molar-refractivity contribution in [3.05, 3.63) is 51.9 Å². The molecule has 1 aromatic heterocycles. The molecule has 7 heteroatoms. The van der Waals surface area contributed by atoms with Gasteiger partial charge in [-0.05, 0) is 37.6 Å². The summed E-state index contributed by atoms with van der Waals surface area (Å²) in [6.45, 7) is 5.11. The van der Waals surface area contributed by atoms with E-state index in [2.05, 4.69) is 15.3 Å². The van der Waals surface area contributed by atoms with E-state index in [-0.39, 0.29) is 12.2 Å². The van der Waals surface area contributed by atoms with E-state index in [1.165, 1.54) is 6.07 Å². The molecule has 0 unspecified atom stereocenters. The molecule has 0 radical (unpaired) electrons. The summed E-state index contributed by atoms with van der Waals surface area (Å²) in [5.41, 5.74) is 1.70. The van der Waals surface area contributed by atoms with Crippen molar-refractivity contribution in [2.24, 2.45) is 0 Å². The van der Waals surface area contributed by atoms with Gasteiger partial charge in [0.25, 0.3) is 5.56 Å². The van der Waals surface area contributed by atoms with Gasteiger partial charge < -0.3 is 14.8 Å². The molecule has 134 valence electrons. The predicted molar refractivity (Wildman–Crippen MR) is 95.4 cm³/mol. The minimum atomic E-state index is -0.400. The number of hydrogen-bond donors (Lipinski definition) is 2. The number of nitrogens with one attached hydrogen (secondary N) is 2. The Morgan fingerprint density at radius 2 is 1.96 bits per heavy atom. The van der Waals surface area contributed by atoms with Crippen LogP contribution in [-0.4, -0.2) is 35.8 Å². The molecule has 0 saturated heterocycles. The third-order valence-corrected chi connectivity index (χ3v) is 3.35. The monoisotopic (exact) mass is 345 g/mol. The molecule has 2 N–H and O–H groups in total. The van der Waals surface area contributed by atoms with Crippen molar-refractivity contribution in [3.8, 4) is 0 Å². The molecule has 25 heavy (non-hydrogen) atoms. The molecule has 0 bridgehead atoms. The van der Waals surface area contributed by atoms with Gasteiger partial charge in [0.1, 0.15) is 6.61 Å². The van der Waals surface area contributed by atoms with Gasteiger partial charge in [-0.3, -0.25) is 9.78 Å². The van der Waals surface area contributed by atoms with E-state index < -0.39 is 5.97 Å². The van der Waals surface area contributed by atoms with E-state index in [1.807, 2.05) is 13.8 Å². The van der Waals surface area contributed by atoms with Gasteiger partial charge in [-0.25, -0.2) is 9.78 Å². The number of anilines is 2. The van der Waals surface area contributed by atoms with Crippen LogP contribution in [0.3, 0.4) is 0 Å². The fourth-order valence-corrected chi connectivity index (χ4v) is 2.20. The second-order valence-electron chi connectivity index (χ2n) is 5.37. The van der Waals surface area contributed by atoms with Crippen molar-refractivity contribution in [2.75, 3.05) is 25.1 Å². The SMILES string of the molecule is CCCc1cc(=O)[nH]c(Nc2ccc(C(=O)OCCOCC)cc2)n1. The number of carbonyl (C=O) groups is 1. The van der Waals surface area contributed by atoms with Gasteiger partial charge in [0.15, 0.2) is 0 Å². The van der Waals surface area contributed by atoms with Crippen LogP contribution in [0.4, 0.5) is 11.6 Å². The maximum atomic E-state index is 11.9. The van der Waals surface area contributed by atoms with Crippen LogP contribution in [0.15, 0.2) is 35.1 Å². The van der Waals surface area contributed by atoms with Gasteiger partial charge in [0.05, 0.1) is 12.2 Å². The molecular formula is C18H23N3O4. The summed E-state index contributed by atoms with van der Waals surface area (Å²) in [6.07, 6.45) is 1.65. The zero-order valence-corrected chi connectivity index (χ0v) is 14.5. The van der Waals surface area contributed by atoms with Crippen LogP contribution in [0.25, 0.3) is 0 Å². The van der Waals surface area contributed by atoms with E-state index >= 15 is 0 Å². The number of aromatic amines is 1. The first-order valence-electron chi connectivity index (χ1n) is 8.34. The Kier molecular flexibility index (Phi) is 7.16. The van der Waals surface area contributed by atoms with Gasteiger partial charge in [-0.15, -0.1) is 0 Å². The minimum Gasteiger partial charge on any atom is -0.460 e. The zero-order chi connectivity index (χ0) is 18.1. The van der Waals surface area contributed by atoms with Crippen LogP contribution in [0.2, 0.25) is 0 Å². The molecule has 0 aliphatic heterocycles. The van der Waals surface area contributed by atoms with E-state index in [9.17, 15) is 9.59 Å². The van der Waals surface area contributed by atoms with E-state index in [0.717, 1.165) is 18.5 Å². The highest BCUT2D eigenvalue weighted by molar-refractivity contribution is 5.89. The Morgan fingerprint density at radius 1 is 1.20 bits per heavy atom. The summed E-state index contributed by atoms with van der Waals surface area (Å²) >= 11 is 0. The van der Waals surface area contributed by atoms with E-state index in [1.54, 1.807) is 24.3 Å². The molecular weight excluding hydrogens is 322 g/mol. The maximum absolute atomic E-state index is 11.9. The van der Waals surface area contributed by atoms with Crippen LogP contribution < -0.4 is 10.9 Å². The largest absolute Gasteiger partial charge is 0.460 e. The smallest absolute Gasteiger partial charge is 0.338 e. The average Bonchev–Trinajstić information content (AvgIpc) is 2.59. The van der Waals surface area contributed by atoms with Crippen LogP contribution in [0, 0.1) is 0 Å². The number of benzene rings is 1. The third kappa shape index (κ3) is 6.04. The van der Waals surface area contributed by atoms with Gasteiger partial charge in [0, 0.05) is 24.1 Å². The van der Waals surface area contributed by atoms with Crippen molar-refractivity contribution in [1.82, 2.24) is 9.97 Å². The number of aromatic nitrogens is 2. The topological polar surface area (TPSA) is 93.3 Å². The molecule has 0 spiro atoms. The Balaban J connectivity index is 1.98. The minimum absolute atomic E-state index is 0.199. The van der Waals surface area contributed by atoms with Crippen molar-refractivity contribution in [2.45, 2.75) is 26.7 Å². The molecule has 0 fully saturated rings. The highest BCUT2D eigenvalue weighted by Crippen LogP contribution is 2.14. The highest BCUT2D eigenvalue weighted by atomic mass is 16.6. The van der Waals surface area contributed by atoms with Crippen LogP contribution in [0.5, 0.6) is 0 Å². The Bertz CT molecular complexity index is 741. The second-order valence-corrected chi connectivity index (χ2v) is 5.37. The first-order chi connectivity index (χ1) is 12.1. The lowest BCUT2D eigenvalue weighted by Gasteiger charge is -2.08. The van der Waals surface area contributed by atoms with Crippen molar-refractivity contribution < 1.29 is 14.3 Å². The molecule has 0 aliphatic rings. The standard InChI is InChI=1S/C18H23N3O4/c1-3-5-15-12-16(22)21-18(20-15)19-14-8-6-13(7-9-14)17(23)25-11-10-24-4-2/h6-9,12H,3-5,10-11H2,1-2H3,(H2,19,20,21,22). The van der Waals surface area contributed by atoms with Crippen molar-refractivity contribution >= 4 is 17.6 Å². The van der Waals surface area contributed by atoms with Crippen molar-refractivity contribution in [1.29, 1.82) is 0 Å². The number of aryl methyl sites for hydroxylation is 1. The van der Waals surface area contributed by atoms with E-state index in [4.69, 9.17) is 9.47 Å². The molecule has 7 nitrogen and oxygen atoms in total. The zero-order valence-electron chi connectivity index (χ0n) is 14.5. The maximum Gasteiger partial charge on any atom is 0.338 e. The summed E-state index contributed by atoms with van der Waals surface area (Å²) in [7, 11) is 0. The lowest BCUT2D eigenvalue weighted by atomic mass is 10.2. The van der Waals surface area contributed by atoms with Gasteiger partial charge in [0.2, 0.25) is 5.95 Å². The molecule has 0 saturated carbocycles. The lowest BCUT2D eigenvalue weighted by Crippen LogP contribution is -2.12. The molecule has 0 aliphatic carbocycles. The van der Waals surface area contributed by atoms with Gasteiger partial charge in [-0.2, -0.15) is 0 Å². The molecule has 2 rings (SSSR count). The summed E-state index contributed by atoms with van der Waals surface area (Å²) in [5.74, 6) is -0.0225. The number of hydrogen-bond acceptors (Lipinski definition) is 6. The first-order valence-corrected chi connectivity index (χ1v) is 8.34. The number of carbonyl (C=O) groups excluding carboxylic acids is 1. The number of H-pyrrole nitrogens is 1. The molecule has 0 amide bonds. The normalized spacial score (nSPS) is 10.5. The first kappa shape index (κ1) is 18.7. The fraction of sp³-hybridized carbons (Fsp3) is 0.389. The Hall–Kier alpha value is -2.67. The van der Waals surface area contributed by atoms with Crippen molar-refractivity contribution in [3.63, 3.8) is 0 Å². The molecule has 1 heterocycles. The summed E-state index contributed by atoms with van der Waals surface area (Å²) in [6, 6.07) is 8.26. The Morgan fingerprint density at radius 3 is 2.64 bits per heavy atom. The van der Waals surface area contributed by atoms with E-state index in [0.29, 0.717) is 30.4 Å². The Labute approximate surface area is 146 Å². The predicted octanol–water partition coefficient (Wildman–Crippen LogP) is 2.66. The molecule has 0 atom stereocenters. The second kappa shape index (κ2) is 9.58. The average molecular weight is 345 g/mol. The number of esters is 1. The van der Waals surface area contributed by atoms with Gasteiger partial charge in [-0.1, -0.05) is 13.3 Å². The summed E-state index contributed by atoms with van der Waals surface area (Å²) in [4.78, 5) is 30.6. The summed E-state index contributed by atoms with van der Waals surface area (Å²) < 4.78 is 10.2. The number of rotatable bonds is 9.